The highest BCUT2D eigenvalue weighted by Crippen LogP contribution is 2.31. The third kappa shape index (κ3) is 3.73. The number of halogens is 1. The Morgan fingerprint density at radius 1 is 1.30 bits per heavy atom. The lowest BCUT2D eigenvalue weighted by Gasteiger charge is -2.42. The van der Waals surface area contributed by atoms with E-state index in [0.717, 1.165) is 37.4 Å². The zero-order chi connectivity index (χ0) is 14.8. The van der Waals surface area contributed by atoms with Gasteiger partial charge in [-0.2, -0.15) is 0 Å². The summed E-state index contributed by atoms with van der Waals surface area (Å²) in [6, 6.07) is 8.27. The van der Waals surface area contributed by atoms with Crippen molar-refractivity contribution in [2.45, 2.75) is 50.8 Å². The fraction of sp³-hybridized carbons (Fsp3) is 0.625. The number of nitrogens with zero attached hydrogens (tertiary/aromatic N) is 1. The zero-order valence-electron chi connectivity index (χ0n) is 12.3. The summed E-state index contributed by atoms with van der Waals surface area (Å²) in [5.41, 5.74) is 7.03. The molecule has 0 radical (unpaired) electrons. The van der Waals surface area contributed by atoms with Crippen LogP contribution in [-0.4, -0.2) is 34.7 Å². The van der Waals surface area contributed by atoms with Crippen LogP contribution in [-0.2, 0) is 0 Å². The Morgan fingerprint density at radius 2 is 1.85 bits per heavy atom. The van der Waals surface area contributed by atoms with Crippen molar-refractivity contribution in [1.82, 2.24) is 4.90 Å². The molecule has 1 aromatic carbocycles. The van der Waals surface area contributed by atoms with Crippen molar-refractivity contribution in [2.75, 3.05) is 13.1 Å². The first-order valence-corrected chi connectivity index (χ1v) is 7.78. The molecule has 0 spiro atoms. The molecule has 1 aliphatic rings. The van der Waals surface area contributed by atoms with Gasteiger partial charge in [0.15, 0.2) is 0 Å². The number of benzene rings is 1. The molecule has 1 saturated heterocycles. The van der Waals surface area contributed by atoms with Crippen molar-refractivity contribution >= 4 is 11.6 Å². The van der Waals surface area contributed by atoms with E-state index in [9.17, 15) is 5.11 Å². The third-order valence-electron chi connectivity index (χ3n) is 4.36. The Kier molecular flexibility index (Phi) is 5.08. The van der Waals surface area contributed by atoms with Gasteiger partial charge in [0.2, 0.25) is 0 Å². The molecule has 0 saturated carbocycles. The summed E-state index contributed by atoms with van der Waals surface area (Å²) in [4.78, 5) is 2.40. The highest BCUT2D eigenvalue weighted by Gasteiger charge is 2.33. The molecule has 0 aromatic heterocycles. The molecule has 1 heterocycles. The van der Waals surface area contributed by atoms with Crippen LogP contribution in [0, 0.1) is 0 Å². The van der Waals surface area contributed by atoms with E-state index in [0.29, 0.717) is 0 Å². The van der Waals surface area contributed by atoms with Crippen molar-refractivity contribution in [1.29, 1.82) is 0 Å². The molecule has 1 fully saturated rings. The lowest BCUT2D eigenvalue weighted by molar-refractivity contribution is -0.0202. The van der Waals surface area contributed by atoms with Crippen LogP contribution in [0.2, 0.25) is 5.02 Å². The maximum Gasteiger partial charge on any atom is 0.0644 e. The summed E-state index contributed by atoms with van der Waals surface area (Å²) in [5, 5.41) is 10.9. The number of nitrogens with two attached hydrogens (primary N) is 1. The predicted molar refractivity (Wildman–Crippen MR) is 83.9 cm³/mol. The minimum atomic E-state index is -0.530. The van der Waals surface area contributed by atoms with Crippen molar-refractivity contribution in [3.8, 4) is 0 Å². The summed E-state index contributed by atoms with van der Waals surface area (Å²) in [6.45, 7) is 5.80. The zero-order valence-corrected chi connectivity index (χ0v) is 13.1. The van der Waals surface area contributed by atoms with E-state index in [-0.39, 0.29) is 12.1 Å². The van der Waals surface area contributed by atoms with Gasteiger partial charge in [0.05, 0.1) is 5.60 Å². The second-order valence-electron chi connectivity index (χ2n) is 6.10. The van der Waals surface area contributed by atoms with Gasteiger partial charge in [0.1, 0.15) is 0 Å². The van der Waals surface area contributed by atoms with Gasteiger partial charge in [-0.15, -0.1) is 0 Å². The summed E-state index contributed by atoms with van der Waals surface area (Å²) >= 11 is 5.98. The average Bonchev–Trinajstić information content (AvgIpc) is 2.42. The van der Waals surface area contributed by atoms with Gasteiger partial charge in [0.25, 0.3) is 0 Å². The second-order valence-corrected chi connectivity index (χ2v) is 6.54. The van der Waals surface area contributed by atoms with Gasteiger partial charge in [-0.05, 0) is 43.9 Å². The molecule has 1 aliphatic heterocycles. The molecule has 0 aliphatic carbocycles. The fourth-order valence-electron chi connectivity index (χ4n) is 2.90. The molecule has 1 aromatic rings. The molecule has 3 nitrogen and oxygen atoms in total. The fourth-order valence-corrected chi connectivity index (χ4v) is 3.02. The second kappa shape index (κ2) is 6.44. The quantitative estimate of drug-likeness (QED) is 0.898. The SMILES string of the molecule is CCC(N)C(c1ccc(Cl)cc1)N1CCC(C)(O)CC1. The first-order chi connectivity index (χ1) is 9.43. The summed E-state index contributed by atoms with van der Waals surface area (Å²) in [6.07, 6.45) is 2.53. The van der Waals surface area contributed by atoms with E-state index in [1.165, 1.54) is 5.56 Å². The molecular weight excluding hydrogens is 272 g/mol. The Hall–Kier alpha value is -0.610. The van der Waals surface area contributed by atoms with E-state index < -0.39 is 5.60 Å². The maximum absolute atomic E-state index is 10.1. The van der Waals surface area contributed by atoms with Crippen LogP contribution in [0.1, 0.15) is 44.7 Å². The first-order valence-electron chi connectivity index (χ1n) is 7.40. The molecule has 2 rings (SSSR count). The van der Waals surface area contributed by atoms with Crippen LogP contribution in [0.4, 0.5) is 0 Å². The van der Waals surface area contributed by atoms with Gasteiger partial charge in [-0.3, -0.25) is 4.90 Å². The lowest BCUT2D eigenvalue weighted by Crippen LogP contribution is -2.48. The monoisotopic (exact) mass is 296 g/mol. The topological polar surface area (TPSA) is 49.5 Å². The van der Waals surface area contributed by atoms with E-state index in [1.54, 1.807) is 0 Å². The molecular formula is C16H25ClN2O. The van der Waals surface area contributed by atoms with Gasteiger partial charge in [0, 0.05) is 30.2 Å². The van der Waals surface area contributed by atoms with Crippen LogP contribution >= 0.6 is 11.6 Å². The van der Waals surface area contributed by atoms with Crippen molar-refractivity contribution in [3.05, 3.63) is 34.9 Å². The normalized spacial score (nSPS) is 22.4. The van der Waals surface area contributed by atoms with E-state index in [4.69, 9.17) is 17.3 Å². The van der Waals surface area contributed by atoms with Crippen LogP contribution in [0.3, 0.4) is 0 Å². The van der Waals surface area contributed by atoms with Crippen molar-refractivity contribution < 1.29 is 5.11 Å². The van der Waals surface area contributed by atoms with E-state index in [2.05, 4.69) is 24.0 Å². The number of likely N-dealkylation sites (tertiary alicyclic amines) is 1. The highest BCUT2D eigenvalue weighted by atomic mass is 35.5. The summed E-state index contributed by atoms with van der Waals surface area (Å²) < 4.78 is 0. The Labute approximate surface area is 126 Å². The summed E-state index contributed by atoms with van der Waals surface area (Å²) in [5.74, 6) is 0. The standard InChI is InChI=1S/C16H25ClN2O/c1-3-14(18)15(12-4-6-13(17)7-5-12)19-10-8-16(2,20)9-11-19/h4-7,14-15,20H,3,8-11,18H2,1-2H3. The molecule has 20 heavy (non-hydrogen) atoms. The number of aliphatic hydroxyl groups is 1. The largest absolute Gasteiger partial charge is 0.390 e. The Balaban J connectivity index is 2.18. The highest BCUT2D eigenvalue weighted by molar-refractivity contribution is 6.30. The maximum atomic E-state index is 10.1. The molecule has 112 valence electrons. The number of hydrogen-bond donors (Lipinski definition) is 2. The lowest BCUT2D eigenvalue weighted by atomic mass is 9.89. The Morgan fingerprint density at radius 3 is 2.35 bits per heavy atom. The molecule has 0 amide bonds. The molecule has 2 atom stereocenters. The van der Waals surface area contributed by atoms with Gasteiger partial charge < -0.3 is 10.8 Å². The van der Waals surface area contributed by atoms with Crippen molar-refractivity contribution in [2.24, 2.45) is 5.73 Å². The molecule has 0 bridgehead atoms. The average molecular weight is 297 g/mol. The minimum Gasteiger partial charge on any atom is -0.390 e. The smallest absolute Gasteiger partial charge is 0.0644 e. The van der Waals surface area contributed by atoms with Gasteiger partial charge >= 0.3 is 0 Å². The number of piperidine rings is 1. The minimum absolute atomic E-state index is 0.0965. The first kappa shape index (κ1) is 15.8. The van der Waals surface area contributed by atoms with Crippen molar-refractivity contribution in [3.63, 3.8) is 0 Å². The Bertz CT molecular complexity index is 423. The van der Waals surface area contributed by atoms with E-state index in [1.807, 2.05) is 19.1 Å². The van der Waals surface area contributed by atoms with Crippen LogP contribution in [0.25, 0.3) is 0 Å². The van der Waals surface area contributed by atoms with E-state index >= 15 is 0 Å². The van der Waals surface area contributed by atoms with Crippen LogP contribution < -0.4 is 5.73 Å². The predicted octanol–water partition coefficient (Wildman–Crippen LogP) is 2.97. The van der Waals surface area contributed by atoms with Crippen LogP contribution in [0.15, 0.2) is 24.3 Å². The number of hydrogen-bond acceptors (Lipinski definition) is 3. The number of rotatable bonds is 4. The third-order valence-corrected chi connectivity index (χ3v) is 4.61. The van der Waals surface area contributed by atoms with Gasteiger partial charge in [-0.25, -0.2) is 0 Å². The molecule has 4 heteroatoms. The van der Waals surface area contributed by atoms with Crippen LogP contribution in [0.5, 0.6) is 0 Å². The molecule has 2 unspecified atom stereocenters. The molecule has 3 N–H and O–H groups in total. The van der Waals surface area contributed by atoms with Gasteiger partial charge in [-0.1, -0.05) is 30.7 Å². The summed E-state index contributed by atoms with van der Waals surface area (Å²) in [7, 11) is 0.